The minimum Gasteiger partial charge on any atom is -0.507 e. The zero-order chi connectivity index (χ0) is 20.3. The molecule has 1 aliphatic carbocycles. The molecule has 0 spiro atoms. The van der Waals surface area contributed by atoms with Crippen molar-refractivity contribution < 1.29 is 19.5 Å². The summed E-state index contributed by atoms with van der Waals surface area (Å²) in [5.74, 6) is 0.0214. The maximum atomic E-state index is 12.4. The maximum Gasteiger partial charge on any atom is 0.224 e. The number of phenols is 1. The normalized spacial score (nSPS) is 14.9. The fourth-order valence-electron chi connectivity index (χ4n) is 3.30. The molecule has 1 aromatic rings. The van der Waals surface area contributed by atoms with Gasteiger partial charge in [-0.1, -0.05) is 0 Å². The van der Waals surface area contributed by atoms with Crippen LogP contribution in [0.3, 0.4) is 0 Å². The van der Waals surface area contributed by atoms with E-state index in [1.165, 1.54) is 0 Å². The Morgan fingerprint density at radius 3 is 2.04 bits per heavy atom. The van der Waals surface area contributed by atoms with Crippen LogP contribution < -0.4 is 5.32 Å². The summed E-state index contributed by atoms with van der Waals surface area (Å²) in [4.78, 5) is 36.7. The van der Waals surface area contributed by atoms with Gasteiger partial charge >= 0.3 is 0 Å². The van der Waals surface area contributed by atoms with Crippen molar-refractivity contribution >= 4 is 23.2 Å². The van der Waals surface area contributed by atoms with Crippen LogP contribution in [0.5, 0.6) is 5.75 Å². The van der Waals surface area contributed by atoms with Crippen LogP contribution in [-0.4, -0.2) is 22.6 Å². The number of benzene rings is 1. The quantitative estimate of drug-likeness (QED) is 0.444. The molecule has 0 heterocycles. The largest absolute Gasteiger partial charge is 0.507 e. The first-order valence-electron chi connectivity index (χ1n) is 9.20. The Bertz CT molecular complexity index is 851. The van der Waals surface area contributed by atoms with Crippen LogP contribution >= 0.6 is 0 Å². The third kappa shape index (κ3) is 4.54. The van der Waals surface area contributed by atoms with E-state index < -0.39 is 0 Å². The molecule has 0 saturated heterocycles. The van der Waals surface area contributed by atoms with Crippen molar-refractivity contribution in [2.45, 2.75) is 60.3 Å². The Kier molecular flexibility index (Phi) is 6.37. The number of unbranched alkanes of at least 4 members (excludes halogenated alkanes) is 1. The second-order valence-electron chi connectivity index (χ2n) is 7.23. The lowest BCUT2D eigenvalue weighted by atomic mass is 9.84. The first kappa shape index (κ1) is 20.6. The molecular weight excluding hydrogens is 342 g/mol. The summed E-state index contributed by atoms with van der Waals surface area (Å²) in [5, 5.41) is 12.6. The van der Waals surface area contributed by atoms with Crippen molar-refractivity contribution in [1.29, 1.82) is 0 Å². The maximum absolute atomic E-state index is 12.4. The van der Waals surface area contributed by atoms with Crippen molar-refractivity contribution in [3.05, 3.63) is 45.6 Å². The molecule has 0 radical (unpaired) electrons. The Morgan fingerprint density at radius 1 is 0.889 bits per heavy atom. The van der Waals surface area contributed by atoms with Gasteiger partial charge in [0.25, 0.3) is 0 Å². The number of phenolic OH excluding ortho intramolecular Hbond substituents is 1. The van der Waals surface area contributed by atoms with Gasteiger partial charge in [-0.05, 0) is 77.1 Å². The summed E-state index contributed by atoms with van der Waals surface area (Å²) in [6, 6.07) is 3.47. The van der Waals surface area contributed by atoms with E-state index in [0.29, 0.717) is 64.8 Å². The van der Waals surface area contributed by atoms with Crippen molar-refractivity contribution in [3.8, 4) is 5.75 Å². The lowest BCUT2D eigenvalue weighted by molar-refractivity contribution is -0.116. The highest BCUT2D eigenvalue weighted by Gasteiger charge is 2.27. The number of aromatic hydroxyl groups is 1. The number of hydrogen-bond donors (Lipinski definition) is 2. The smallest absolute Gasteiger partial charge is 0.224 e. The van der Waals surface area contributed by atoms with Crippen molar-refractivity contribution in [1.82, 2.24) is 0 Å². The third-order valence-corrected chi connectivity index (χ3v) is 5.17. The van der Waals surface area contributed by atoms with E-state index >= 15 is 0 Å². The zero-order valence-corrected chi connectivity index (χ0v) is 16.7. The lowest BCUT2D eigenvalue weighted by Crippen LogP contribution is -2.20. The van der Waals surface area contributed by atoms with Crippen LogP contribution in [0.1, 0.15) is 57.6 Å². The number of rotatable bonds is 6. The number of Topliss-reactive ketones (excluding diaryl/α,β-unsaturated/α-hetero) is 2. The Hall–Kier alpha value is -2.69. The average Bonchev–Trinajstić information content (AvgIpc) is 2.62. The van der Waals surface area contributed by atoms with Gasteiger partial charge in [-0.25, -0.2) is 0 Å². The van der Waals surface area contributed by atoms with Gasteiger partial charge in [0.05, 0.1) is 0 Å². The standard InChI is InChI=1S/C22H27NO4/c1-12-10-17(11-13(2)20(12)25)23-19(24)9-7-6-8-18-16(5)21(26)14(3)15(4)22(18)27/h10-11,25H,6-9H2,1-5H3,(H,23,24). The lowest BCUT2D eigenvalue weighted by Gasteiger charge is -2.18. The number of aryl methyl sites for hydroxylation is 2. The Morgan fingerprint density at radius 2 is 1.44 bits per heavy atom. The van der Waals surface area contributed by atoms with Gasteiger partial charge in [-0.2, -0.15) is 0 Å². The summed E-state index contributed by atoms with van der Waals surface area (Å²) in [6.45, 7) is 8.65. The van der Waals surface area contributed by atoms with Gasteiger partial charge in [-0.15, -0.1) is 0 Å². The SMILES string of the molecule is CC1=C(C)C(=O)C(CCCCC(=O)Nc2cc(C)c(O)c(C)c2)=C(C)C1=O. The summed E-state index contributed by atoms with van der Waals surface area (Å²) in [6.07, 6.45) is 2.13. The molecule has 0 fully saturated rings. The van der Waals surface area contributed by atoms with Crippen molar-refractivity contribution in [2.75, 3.05) is 5.32 Å². The van der Waals surface area contributed by atoms with Gasteiger partial charge < -0.3 is 10.4 Å². The summed E-state index contributed by atoms with van der Waals surface area (Å²) < 4.78 is 0. The van der Waals surface area contributed by atoms with Gasteiger partial charge in [0.1, 0.15) is 5.75 Å². The number of hydrogen-bond acceptors (Lipinski definition) is 4. The second-order valence-corrected chi connectivity index (χ2v) is 7.23. The number of nitrogens with one attached hydrogen (secondary N) is 1. The molecule has 0 bridgehead atoms. The van der Waals surface area contributed by atoms with Crippen LogP contribution in [-0.2, 0) is 14.4 Å². The highest BCUT2D eigenvalue weighted by Crippen LogP contribution is 2.28. The molecule has 144 valence electrons. The van der Waals surface area contributed by atoms with Gasteiger partial charge in [0, 0.05) is 34.4 Å². The predicted molar refractivity (Wildman–Crippen MR) is 106 cm³/mol. The molecule has 0 aromatic heterocycles. The monoisotopic (exact) mass is 369 g/mol. The molecule has 0 aliphatic heterocycles. The van der Waals surface area contributed by atoms with Crippen LogP contribution in [0.4, 0.5) is 5.69 Å². The highest BCUT2D eigenvalue weighted by molar-refractivity contribution is 6.24. The highest BCUT2D eigenvalue weighted by atomic mass is 16.3. The molecule has 0 saturated carbocycles. The van der Waals surface area contributed by atoms with E-state index in [1.807, 2.05) is 0 Å². The van der Waals surface area contributed by atoms with Gasteiger partial charge in [-0.3, -0.25) is 14.4 Å². The minimum absolute atomic E-state index is 0.0518. The third-order valence-electron chi connectivity index (χ3n) is 5.17. The number of carbonyl (C=O) groups is 3. The molecule has 2 N–H and O–H groups in total. The van der Waals surface area contributed by atoms with Crippen molar-refractivity contribution in [3.63, 3.8) is 0 Å². The topological polar surface area (TPSA) is 83.5 Å². The predicted octanol–water partition coefficient (Wildman–Crippen LogP) is 4.31. The Balaban J connectivity index is 1.87. The van der Waals surface area contributed by atoms with Gasteiger partial charge in [0.2, 0.25) is 5.91 Å². The van der Waals surface area contributed by atoms with Crippen LogP contribution in [0.15, 0.2) is 34.4 Å². The van der Waals surface area contributed by atoms with E-state index in [0.717, 1.165) is 0 Å². The fourth-order valence-corrected chi connectivity index (χ4v) is 3.30. The van der Waals surface area contributed by atoms with E-state index in [2.05, 4.69) is 5.32 Å². The summed E-state index contributed by atoms with van der Waals surface area (Å²) >= 11 is 0. The van der Waals surface area contributed by atoms with Gasteiger partial charge in [0.15, 0.2) is 11.6 Å². The molecule has 1 amide bonds. The number of anilines is 1. The molecule has 27 heavy (non-hydrogen) atoms. The molecule has 1 aliphatic rings. The Labute approximate surface area is 160 Å². The molecule has 0 atom stereocenters. The number of carbonyl (C=O) groups excluding carboxylic acids is 3. The minimum atomic E-state index is -0.108. The summed E-state index contributed by atoms with van der Waals surface area (Å²) in [5.41, 5.74) is 4.25. The molecule has 2 rings (SSSR count). The first-order valence-corrected chi connectivity index (χ1v) is 9.20. The van der Waals surface area contributed by atoms with Crippen LogP contribution in [0.25, 0.3) is 0 Å². The molecule has 0 unspecified atom stereocenters. The fraction of sp³-hybridized carbons (Fsp3) is 0.409. The van der Waals surface area contributed by atoms with Crippen LogP contribution in [0, 0.1) is 13.8 Å². The van der Waals surface area contributed by atoms with E-state index in [-0.39, 0.29) is 23.2 Å². The molecule has 1 aromatic carbocycles. The van der Waals surface area contributed by atoms with E-state index in [1.54, 1.807) is 46.8 Å². The molecular formula is C22H27NO4. The molecule has 5 nitrogen and oxygen atoms in total. The first-order chi connectivity index (χ1) is 12.6. The van der Waals surface area contributed by atoms with E-state index in [9.17, 15) is 19.5 Å². The molecule has 5 heteroatoms. The number of ketones is 2. The summed E-state index contributed by atoms with van der Waals surface area (Å²) in [7, 11) is 0. The van der Waals surface area contributed by atoms with Crippen LogP contribution in [0.2, 0.25) is 0 Å². The second kappa shape index (κ2) is 8.33. The van der Waals surface area contributed by atoms with Crippen molar-refractivity contribution in [2.24, 2.45) is 0 Å². The van der Waals surface area contributed by atoms with E-state index in [4.69, 9.17) is 0 Å². The number of amides is 1. The number of allylic oxidation sites excluding steroid dienone is 4. The average molecular weight is 369 g/mol. The zero-order valence-electron chi connectivity index (χ0n) is 16.7.